The third kappa shape index (κ3) is 5.70. The number of aryl methyl sites for hydroxylation is 1. The number of pyridine rings is 1. The lowest BCUT2D eigenvalue weighted by Gasteiger charge is -2.17. The van der Waals surface area contributed by atoms with Crippen molar-refractivity contribution >= 4 is 5.96 Å². The SMILES string of the molecule is CN=C(NCCc1ccncc1C)NC(C)COC. The molecule has 19 heavy (non-hydrogen) atoms. The molecular weight excluding hydrogens is 240 g/mol. The molecular formula is C14H24N4O. The Balaban J connectivity index is 2.36. The maximum Gasteiger partial charge on any atom is 0.191 e. The summed E-state index contributed by atoms with van der Waals surface area (Å²) in [5.74, 6) is 0.802. The molecule has 0 aliphatic rings. The first-order chi connectivity index (χ1) is 9.17. The zero-order valence-corrected chi connectivity index (χ0v) is 12.2. The highest BCUT2D eigenvalue weighted by molar-refractivity contribution is 5.79. The summed E-state index contributed by atoms with van der Waals surface area (Å²) in [6.07, 6.45) is 4.67. The number of rotatable bonds is 6. The van der Waals surface area contributed by atoms with Gasteiger partial charge in [-0.05, 0) is 37.5 Å². The molecule has 0 saturated heterocycles. The lowest BCUT2D eigenvalue weighted by Crippen LogP contribution is -2.44. The standard InChI is InChI=1S/C14H24N4O/c1-11-9-16-7-5-13(11)6-8-17-14(15-3)18-12(2)10-19-4/h5,7,9,12H,6,8,10H2,1-4H3,(H2,15,17,18). The van der Waals surface area contributed by atoms with Gasteiger partial charge in [-0.25, -0.2) is 0 Å². The summed E-state index contributed by atoms with van der Waals surface area (Å²) >= 11 is 0. The lowest BCUT2D eigenvalue weighted by molar-refractivity contribution is 0.179. The average molecular weight is 264 g/mol. The van der Waals surface area contributed by atoms with Crippen LogP contribution in [-0.4, -0.2) is 44.3 Å². The predicted octanol–water partition coefficient (Wildman–Crippen LogP) is 1.13. The Hall–Kier alpha value is -1.62. The van der Waals surface area contributed by atoms with Gasteiger partial charge < -0.3 is 15.4 Å². The fourth-order valence-corrected chi connectivity index (χ4v) is 1.82. The van der Waals surface area contributed by atoms with Gasteiger partial charge in [0.2, 0.25) is 0 Å². The second-order valence-corrected chi connectivity index (χ2v) is 4.55. The normalized spacial score (nSPS) is 13.2. The highest BCUT2D eigenvalue weighted by Gasteiger charge is 2.04. The molecule has 0 fully saturated rings. The van der Waals surface area contributed by atoms with E-state index in [-0.39, 0.29) is 6.04 Å². The van der Waals surface area contributed by atoms with Gasteiger partial charge in [-0.1, -0.05) is 0 Å². The molecule has 0 aliphatic heterocycles. The molecule has 1 aromatic heterocycles. The topological polar surface area (TPSA) is 58.5 Å². The third-order valence-corrected chi connectivity index (χ3v) is 2.85. The van der Waals surface area contributed by atoms with Crippen LogP contribution in [0.3, 0.4) is 0 Å². The smallest absolute Gasteiger partial charge is 0.191 e. The summed E-state index contributed by atoms with van der Waals surface area (Å²) in [5, 5.41) is 6.57. The minimum atomic E-state index is 0.235. The number of aliphatic imine (C=N–C) groups is 1. The molecule has 0 amide bonds. The van der Waals surface area contributed by atoms with E-state index in [0.717, 1.165) is 18.9 Å². The molecule has 5 nitrogen and oxygen atoms in total. The van der Waals surface area contributed by atoms with Crippen LogP contribution in [-0.2, 0) is 11.2 Å². The van der Waals surface area contributed by atoms with E-state index in [9.17, 15) is 0 Å². The van der Waals surface area contributed by atoms with Gasteiger partial charge in [0.05, 0.1) is 6.61 Å². The quantitative estimate of drug-likeness (QED) is 0.597. The van der Waals surface area contributed by atoms with E-state index in [1.165, 1.54) is 11.1 Å². The maximum atomic E-state index is 5.09. The van der Waals surface area contributed by atoms with Crippen LogP contribution in [0.5, 0.6) is 0 Å². The first-order valence-corrected chi connectivity index (χ1v) is 6.53. The minimum absolute atomic E-state index is 0.235. The molecule has 1 atom stereocenters. The van der Waals surface area contributed by atoms with E-state index in [0.29, 0.717) is 6.61 Å². The number of hydrogen-bond donors (Lipinski definition) is 2. The van der Waals surface area contributed by atoms with Crippen molar-refractivity contribution in [2.24, 2.45) is 4.99 Å². The predicted molar refractivity (Wildman–Crippen MR) is 78.5 cm³/mol. The maximum absolute atomic E-state index is 5.09. The van der Waals surface area contributed by atoms with Crippen LogP contribution in [0.15, 0.2) is 23.5 Å². The number of nitrogens with zero attached hydrogens (tertiary/aromatic N) is 2. The van der Waals surface area contributed by atoms with Crippen molar-refractivity contribution in [2.45, 2.75) is 26.3 Å². The fraction of sp³-hybridized carbons (Fsp3) is 0.571. The Kier molecular flexibility index (Phi) is 6.89. The van der Waals surface area contributed by atoms with E-state index in [1.807, 2.05) is 12.4 Å². The van der Waals surface area contributed by atoms with Crippen LogP contribution in [0, 0.1) is 6.92 Å². The lowest BCUT2D eigenvalue weighted by atomic mass is 10.1. The number of nitrogens with one attached hydrogen (secondary N) is 2. The van der Waals surface area contributed by atoms with Gasteiger partial charge in [0.25, 0.3) is 0 Å². The van der Waals surface area contributed by atoms with Crippen molar-refractivity contribution < 1.29 is 4.74 Å². The van der Waals surface area contributed by atoms with Gasteiger partial charge in [-0.15, -0.1) is 0 Å². The molecule has 1 rings (SSSR count). The Bertz CT molecular complexity index is 406. The van der Waals surface area contributed by atoms with E-state index in [1.54, 1.807) is 14.2 Å². The van der Waals surface area contributed by atoms with Crippen LogP contribution in [0.4, 0.5) is 0 Å². The Morgan fingerprint density at radius 1 is 1.53 bits per heavy atom. The van der Waals surface area contributed by atoms with E-state index in [2.05, 4.69) is 40.5 Å². The number of ether oxygens (including phenoxy) is 1. The summed E-state index contributed by atoms with van der Waals surface area (Å²) in [6, 6.07) is 2.29. The molecule has 0 bridgehead atoms. The molecule has 1 unspecified atom stereocenters. The highest BCUT2D eigenvalue weighted by atomic mass is 16.5. The van der Waals surface area contributed by atoms with Crippen LogP contribution < -0.4 is 10.6 Å². The zero-order chi connectivity index (χ0) is 14.1. The number of methoxy groups -OCH3 is 1. The first kappa shape index (κ1) is 15.4. The monoisotopic (exact) mass is 264 g/mol. The second-order valence-electron chi connectivity index (χ2n) is 4.55. The average Bonchev–Trinajstić information content (AvgIpc) is 2.40. The van der Waals surface area contributed by atoms with Gasteiger partial charge in [-0.3, -0.25) is 9.98 Å². The van der Waals surface area contributed by atoms with Crippen molar-refractivity contribution in [3.63, 3.8) is 0 Å². The number of hydrogen-bond acceptors (Lipinski definition) is 3. The first-order valence-electron chi connectivity index (χ1n) is 6.53. The Morgan fingerprint density at radius 2 is 2.32 bits per heavy atom. The largest absolute Gasteiger partial charge is 0.383 e. The summed E-state index contributed by atoms with van der Waals surface area (Å²) < 4.78 is 5.09. The summed E-state index contributed by atoms with van der Waals surface area (Å²) in [6.45, 7) is 5.63. The molecule has 0 spiro atoms. The molecule has 106 valence electrons. The van der Waals surface area contributed by atoms with E-state index in [4.69, 9.17) is 4.74 Å². The molecule has 1 heterocycles. The van der Waals surface area contributed by atoms with Crippen LogP contribution >= 0.6 is 0 Å². The minimum Gasteiger partial charge on any atom is -0.383 e. The van der Waals surface area contributed by atoms with Crippen molar-refractivity contribution in [3.8, 4) is 0 Å². The third-order valence-electron chi connectivity index (χ3n) is 2.85. The highest BCUT2D eigenvalue weighted by Crippen LogP contribution is 2.04. The van der Waals surface area contributed by atoms with Gasteiger partial charge in [0, 0.05) is 39.1 Å². The summed E-state index contributed by atoms with van der Waals surface area (Å²) in [5.41, 5.74) is 2.53. The van der Waals surface area contributed by atoms with Crippen molar-refractivity contribution in [3.05, 3.63) is 29.6 Å². The summed E-state index contributed by atoms with van der Waals surface area (Å²) in [7, 11) is 3.47. The molecule has 5 heteroatoms. The summed E-state index contributed by atoms with van der Waals surface area (Å²) in [4.78, 5) is 8.28. The van der Waals surface area contributed by atoms with E-state index < -0.39 is 0 Å². The van der Waals surface area contributed by atoms with Gasteiger partial charge in [-0.2, -0.15) is 0 Å². The Labute approximate surface area is 115 Å². The van der Waals surface area contributed by atoms with Crippen molar-refractivity contribution in [1.82, 2.24) is 15.6 Å². The van der Waals surface area contributed by atoms with Gasteiger partial charge >= 0.3 is 0 Å². The molecule has 0 aliphatic carbocycles. The van der Waals surface area contributed by atoms with Gasteiger partial charge in [0.1, 0.15) is 0 Å². The molecule has 2 N–H and O–H groups in total. The number of aromatic nitrogens is 1. The fourth-order valence-electron chi connectivity index (χ4n) is 1.82. The van der Waals surface area contributed by atoms with Crippen molar-refractivity contribution in [1.29, 1.82) is 0 Å². The molecule has 0 saturated carbocycles. The van der Waals surface area contributed by atoms with Crippen LogP contribution in [0.2, 0.25) is 0 Å². The van der Waals surface area contributed by atoms with E-state index >= 15 is 0 Å². The molecule has 1 aromatic rings. The van der Waals surface area contributed by atoms with Gasteiger partial charge in [0.15, 0.2) is 5.96 Å². The van der Waals surface area contributed by atoms with Crippen LogP contribution in [0.1, 0.15) is 18.1 Å². The Morgan fingerprint density at radius 3 is 2.95 bits per heavy atom. The van der Waals surface area contributed by atoms with Crippen molar-refractivity contribution in [2.75, 3.05) is 27.3 Å². The van der Waals surface area contributed by atoms with Crippen LogP contribution in [0.25, 0.3) is 0 Å². The molecule has 0 aromatic carbocycles. The zero-order valence-electron chi connectivity index (χ0n) is 12.2. The molecule has 0 radical (unpaired) electrons. The second kappa shape index (κ2) is 8.48. The number of guanidine groups is 1.